The maximum Gasteiger partial charge on any atom is 0.305 e. The molecule has 6 heteroatoms. The molecule has 0 radical (unpaired) electrons. The Balaban J connectivity index is 2.23. The highest BCUT2D eigenvalue weighted by molar-refractivity contribution is 5.69. The highest BCUT2D eigenvalue weighted by atomic mass is 16.5. The van der Waals surface area contributed by atoms with Gasteiger partial charge in [0.1, 0.15) is 0 Å². The molecule has 0 saturated heterocycles. The van der Waals surface area contributed by atoms with Crippen LogP contribution in [0.2, 0.25) is 0 Å². The molecule has 2 atom stereocenters. The second kappa shape index (κ2) is 33.4. The minimum Gasteiger partial charge on any atom is -0.465 e. The summed E-state index contributed by atoms with van der Waals surface area (Å²) in [5, 5.41) is 0. The van der Waals surface area contributed by atoms with Crippen LogP contribution in [0.15, 0.2) is 12.3 Å². The fourth-order valence-corrected chi connectivity index (χ4v) is 7.91. The molecule has 1 aliphatic rings. The van der Waals surface area contributed by atoms with Crippen molar-refractivity contribution in [3.05, 3.63) is 12.3 Å². The molecule has 0 aromatic carbocycles. The van der Waals surface area contributed by atoms with Crippen LogP contribution in [0.25, 0.3) is 0 Å². The summed E-state index contributed by atoms with van der Waals surface area (Å²) in [6, 6.07) is 0. The lowest BCUT2D eigenvalue weighted by molar-refractivity contribution is -0.146. The standard InChI is InChI=1S/C49H94N2O4/c1-41(2)30-32-46(43(5)6)39-54-48(52)28-22-18-14-10-12-16-20-26-45(38-50(9)36-37-51-34-24-25-35-51)27-21-17-13-11-15-19-23-29-49(53)55-40-47(44(7)8)33-31-42(3)4/h24,34,41-47H,10-23,25-33,35-40H2,1-9H3. The van der Waals surface area contributed by atoms with Crippen molar-refractivity contribution in [3.8, 4) is 0 Å². The number of carbonyl (C=O) groups excluding carboxylic acids is 2. The molecule has 1 rings (SSSR count). The van der Waals surface area contributed by atoms with Crippen LogP contribution in [0.1, 0.15) is 203 Å². The lowest BCUT2D eigenvalue weighted by Gasteiger charge is -2.26. The van der Waals surface area contributed by atoms with Gasteiger partial charge < -0.3 is 19.3 Å². The van der Waals surface area contributed by atoms with Gasteiger partial charge in [-0.1, -0.05) is 151 Å². The molecule has 2 unspecified atom stereocenters. The smallest absolute Gasteiger partial charge is 0.305 e. The van der Waals surface area contributed by atoms with Crippen molar-refractivity contribution in [2.45, 2.75) is 203 Å². The number of hydrogen-bond acceptors (Lipinski definition) is 6. The van der Waals surface area contributed by atoms with Gasteiger partial charge in [0.25, 0.3) is 0 Å². The van der Waals surface area contributed by atoms with E-state index in [1.165, 1.54) is 109 Å². The van der Waals surface area contributed by atoms with Gasteiger partial charge in [0.05, 0.1) is 13.2 Å². The third-order valence-electron chi connectivity index (χ3n) is 12.3. The number of rotatable bonds is 37. The molecule has 0 aromatic heterocycles. The molecule has 324 valence electrons. The topological polar surface area (TPSA) is 59.1 Å². The number of likely N-dealkylation sites (N-methyl/N-ethyl adjacent to an activating group) is 1. The molecule has 0 saturated carbocycles. The zero-order chi connectivity index (χ0) is 40.7. The first-order valence-corrected chi connectivity index (χ1v) is 23.8. The van der Waals surface area contributed by atoms with Gasteiger partial charge in [0.15, 0.2) is 0 Å². The van der Waals surface area contributed by atoms with Gasteiger partial charge in [-0.2, -0.15) is 0 Å². The van der Waals surface area contributed by atoms with E-state index in [2.05, 4.69) is 84.5 Å². The quantitative estimate of drug-likeness (QED) is 0.0463. The summed E-state index contributed by atoms with van der Waals surface area (Å²) < 4.78 is 11.4. The summed E-state index contributed by atoms with van der Waals surface area (Å²) in [5.41, 5.74) is 0. The second-order valence-electron chi connectivity index (χ2n) is 19.2. The van der Waals surface area contributed by atoms with E-state index in [9.17, 15) is 9.59 Å². The minimum atomic E-state index is 0.0000231. The molecule has 0 N–H and O–H groups in total. The summed E-state index contributed by atoms with van der Waals surface area (Å²) in [7, 11) is 2.32. The van der Waals surface area contributed by atoms with E-state index in [0.717, 1.165) is 57.5 Å². The molecule has 6 nitrogen and oxygen atoms in total. The van der Waals surface area contributed by atoms with Gasteiger partial charge in [0, 0.05) is 39.0 Å². The van der Waals surface area contributed by atoms with Crippen LogP contribution >= 0.6 is 0 Å². The molecule has 0 aliphatic carbocycles. The molecule has 0 amide bonds. The number of hydrogen-bond donors (Lipinski definition) is 0. The van der Waals surface area contributed by atoms with Crippen LogP contribution in [0.5, 0.6) is 0 Å². The zero-order valence-corrected chi connectivity index (χ0v) is 38.2. The zero-order valence-electron chi connectivity index (χ0n) is 38.2. The Morgan fingerprint density at radius 2 is 1.00 bits per heavy atom. The van der Waals surface area contributed by atoms with Crippen LogP contribution in [0.3, 0.4) is 0 Å². The van der Waals surface area contributed by atoms with Crippen molar-refractivity contribution < 1.29 is 19.1 Å². The maximum absolute atomic E-state index is 12.3. The minimum absolute atomic E-state index is 0.0000231. The highest BCUT2D eigenvalue weighted by Crippen LogP contribution is 2.24. The van der Waals surface area contributed by atoms with Crippen molar-refractivity contribution in [3.63, 3.8) is 0 Å². The lowest BCUT2D eigenvalue weighted by Crippen LogP contribution is -2.33. The van der Waals surface area contributed by atoms with E-state index in [4.69, 9.17) is 9.47 Å². The summed E-state index contributed by atoms with van der Waals surface area (Å²) >= 11 is 0. The van der Waals surface area contributed by atoms with Crippen molar-refractivity contribution in [2.24, 2.45) is 41.4 Å². The van der Waals surface area contributed by atoms with Gasteiger partial charge in [-0.25, -0.2) is 0 Å². The predicted octanol–water partition coefficient (Wildman–Crippen LogP) is 13.3. The van der Waals surface area contributed by atoms with E-state index in [1.54, 1.807) is 0 Å². The monoisotopic (exact) mass is 775 g/mol. The van der Waals surface area contributed by atoms with E-state index in [-0.39, 0.29) is 11.9 Å². The SMILES string of the molecule is CC(C)CCC(COC(=O)CCCCCCCCCC(CCCCCCCCCC(=O)OCC(CCC(C)C)C(C)C)CN(C)CCN1C=CCC1)C(C)C. The molecule has 55 heavy (non-hydrogen) atoms. The number of carbonyl (C=O) groups is 2. The second-order valence-corrected chi connectivity index (χ2v) is 19.2. The average molecular weight is 775 g/mol. The van der Waals surface area contributed by atoms with Crippen molar-refractivity contribution in [1.29, 1.82) is 0 Å². The summed E-state index contributed by atoms with van der Waals surface area (Å²) in [6.45, 7) is 23.9. The van der Waals surface area contributed by atoms with E-state index in [1.807, 2.05) is 0 Å². The molecule has 0 fully saturated rings. The third kappa shape index (κ3) is 30.2. The van der Waals surface area contributed by atoms with Crippen molar-refractivity contribution in [2.75, 3.05) is 46.4 Å². The van der Waals surface area contributed by atoms with Crippen molar-refractivity contribution >= 4 is 11.9 Å². The molecule has 0 aromatic rings. The Hall–Kier alpha value is -1.56. The van der Waals surface area contributed by atoms with Gasteiger partial charge >= 0.3 is 11.9 Å². The largest absolute Gasteiger partial charge is 0.465 e. The summed E-state index contributed by atoms with van der Waals surface area (Å²) in [5.74, 6) is 4.28. The highest BCUT2D eigenvalue weighted by Gasteiger charge is 2.18. The van der Waals surface area contributed by atoms with Gasteiger partial charge in [-0.05, 0) is 99.6 Å². The molecule has 1 heterocycles. The Bertz CT molecular complexity index is 889. The van der Waals surface area contributed by atoms with E-state index < -0.39 is 0 Å². The summed E-state index contributed by atoms with van der Waals surface area (Å²) in [4.78, 5) is 29.7. The third-order valence-corrected chi connectivity index (χ3v) is 12.3. The molecular weight excluding hydrogens is 681 g/mol. The number of unbranched alkanes of at least 4 members (excludes halogenated alkanes) is 12. The Labute approximate surface area is 343 Å². The summed E-state index contributed by atoms with van der Waals surface area (Å²) in [6.07, 6.45) is 31.5. The van der Waals surface area contributed by atoms with E-state index in [0.29, 0.717) is 61.6 Å². The Kier molecular flexibility index (Phi) is 31.3. The van der Waals surface area contributed by atoms with Crippen LogP contribution < -0.4 is 0 Å². The van der Waals surface area contributed by atoms with Crippen LogP contribution in [-0.2, 0) is 19.1 Å². The Morgan fingerprint density at radius 1 is 0.582 bits per heavy atom. The average Bonchev–Trinajstić information content (AvgIpc) is 3.65. The molecule has 0 spiro atoms. The first kappa shape index (κ1) is 51.5. The fraction of sp³-hybridized carbons (Fsp3) is 0.918. The van der Waals surface area contributed by atoms with Crippen LogP contribution in [-0.4, -0.2) is 68.2 Å². The maximum atomic E-state index is 12.3. The van der Waals surface area contributed by atoms with Crippen LogP contribution in [0, 0.1) is 41.4 Å². The fourth-order valence-electron chi connectivity index (χ4n) is 7.91. The predicted molar refractivity (Wildman–Crippen MR) is 236 cm³/mol. The van der Waals surface area contributed by atoms with Gasteiger partial charge in [0.2, 0.25) is 0 Å². The van der Waals surface area contributed by atoms with Gasteiger partial charge in [-0.3, -0.25) is 9.59 Å². The van der Waals surface area contributed by atoms with Gasteiger partial charge in [-0.15, -0.1) is 0 Å². The Morgan fingerprint density at radius 3 is 1.38 bits per heavy atom. The lowest BCUT2D eigenvalue weighted by atomic mass is 9.89. The number of esters is 2. The first-order chi connectivity index (χ1) is 26.4. The molecule has 0 bridgehead atoms. The van der Waals surface area contributed by atoms with Crippen molar-refractivity contribution in [1.82, 2.24) is 9.80 Å². The number of nitrogens with zero attached hydrogens (tertiary/aromatic N) is 2. The van der Waals surface area contributed by atoms with E-state index >= 15 is 0 Å². The number of ether oxygens (including phenoxy) is 2. The molecule has 1 aliphatic heterocycles. The van der Waals surface area contributed by atoms with Crippen LogP contribution in [0.4, 0.5) is 0 Å². The normalized spacial score (nSPS) is 14.9. The molecular formula is C49H94N2O4. The first-order valence-electron chi connectivity index (χ1n) is 23.8.